The first-order chi connectivity index (χ1) is 9.19. The molecule has 0 aromatic heterocycles. The minimum atomic E-state index is -0.210. The van der Waals surface area contributed by atoms with E-state index in [4.69, 9.17) is 4.74 Å². The van der Waals surface area contributed by atoms with Gasteiger partial charge in [0.15, 0.2) is 0 Å². The molecule has 0 unspecified atom stereocenters. The molecule has 102 valence electrons. The summed E-state index contributed by atoms with van der Waals surface area (Å²) in [5.74, 6) is 0.408. The van der Waals surface area contributed by atoms with Gasteiger partial charge in [0.25, 0.3) is 0 Å². The minimum absolute atomic E-state index is 0.104. The van der Waals surface area contributed by atoms with Gasteiger partial charge in [-0.2, -0.15) is 0 Å². The number of nitrogens with one attached hydrogen (secondary N) is 1. The molecule has 5 heteroatoms. The van der Waals surface area contributed by atoms with Gasteiger partial charge in [0.05, 0.1) is 12.4 Å². The summed E-state index contributed by atoms with van der Waals surface area (Å²) in [4.78, 5) is 23.8. The van der Waals surface area contributed by atoms with Crippen LogP contribution in [0.15, 0.2) is 29.2 Å². The van der Waals surface area contributed by atoms with E-state index in [1.54, 1.807) is 6.92 Å². The quantitative estimate of drug-likeness (QED) is 0.642. The van der Waals surface area contributed by atoms with Crippen LogP contribution in [0.1, 0.15) is 19.8 Å². The maximum Gasteiger partial charge on any atom is 0.316 e. The van der Waals surface area contributed by atoms with Gasteiger partial charge in [0.2, 0.25) is 5.91 Å². The largest absolute Gasteiger partial charge is 0.465 e. The first kappa shape index (κ1) is 13.9. The zero-order chi connectivity index (χ0) is 13.7. The molecule has 1 amide bonds. The number of amides is 1. The molecule has 2 rings (SSSR count). The second-order valence-corrected chi connectivity index (χ2v) is 5.43. The fourth-order valence-corrected chi connectivity index (χ4v) is 2.27. The first-order valence-electron chi connectivity index (χ1n) is 6.38. The summed E-state index contributed by atoms with van der Waals surface area (Å²) in [6.07, 6.45) is 2.00. The molecule has 0 aliphatic heterocycles. The zero-order valence-electron chi connectivity index (χ0n) is 10.8. The number of rotatable bonds is 6. The second kappa shape index (κ2) is 6.61. The molecule has 4 nitrogen and oxygen atoms in total. The average Bonchev–Trinajstić information content (AvgIpc) is 3.22. The van der Waals surface area contributed by atoms with Crippen molar-refractivity contribution in [2.75, 3.05) is 17.7 Å². The number of hydrogen-bond acceptors (Lipinski definition) is 4. The number of anilines is 1. The SMILES string of the molecule is CCOC(=O)CSc1ccc(NC(=O)C2CC2)cc1. The Kier molecular flexibility index (Phi) is 4.85. The number of hydrogen-bond donors (Lipinski definition) is 1. The Morgan fingerprint density at radius 3 is 2.58 bits per heavy atom. The maximum absolute atomic E-state index is 11.6. The van der Waals surface area contributed by atoms with E-state index in [0.29, 0.717) is 12.4 Å². The van der Waals surface area contributed by atoms with Gasteiger partial charge < -0.3 is 10.1 Å². The van der Waals surface area contributed by atoms with Crippen molar-refractivity contribution >= 4 is 29.3 Å². The standard InChI is InChI=1S/C14H17NO3S/c1-2-18-13(16)9-19-12-7-5-11(6-8-12)15-14(17)10-3-4-10/h5-8,10H,2-4,9H2,1H3,(H,15,17). The lowest BCUT2D eigenvalue weighted by Crippen LogP contribution is -2.13. The van der Waals surface area contributed by atoms with Crippen LogP contribution >= 0.6 is 11.8 Å². The lowest BCUT2D eigenvalue weighted by molar-refractivity contribution is -0.139. The Labute approximate surface area is 116 Å². The van der Waals surface area contributed by atoms with Crippen LogP contribution < -0.4 is 5.32 Å². The molecule has 1 aromatic rings. The Morgan fingerprint density at radius 1 is 1.32 bits per heavy atom. The molecule has 1 aliphatic carbocycles. The third-order valence-corrected chi connectivity index (χ3v) is 3.72. The van der Waals surface area contributed by atoms with E-state index in [1.165, 1.54) is 11.8 Å². The Hall–Kier alpha value is -1.49. The molecule has 1 aromatic carbocycles. The summed E-state index contributed by atoms with van der Waals surface area (Å²) in [5, 5.41) is 2.88. The summed E-state index contributed by atoms with van der Waals surface area (Å²) >= 11 is 1.43. The van der Waals surface area contributed by atoms with E-state index >= 15 is 0 Å². The van der Waals surface area contributed by atoms with E-state index in [9.17, 15) is 9.59 Å². The van der Waals surface area contributed by atoms with Crippen molar-refractivity contribution in [3.8, 4) is 0 Å². The van der Waals surface area contributed by atoms with Gasteiger partial charge in [-0.1, -0.05) is 0 Å². The van der Waals surface area contributed by atoms with Crippen LogP contribution in [0.3, 0.4) is 0 Å². The highest BCUT2D eigenvalue weighted by molar-refractivity contribution is 8.00. The number of carbonyl (C=O) groups is 2. The molecular weight excluding hydrogens is 262 g/mol. The van der Waals surface area contributed by atoms with Gasteiger partial charge in [-0.05, 0) is 44.0 Å². The normalized spacial score (nSPS) is 13.9. The highest BCUT2D eigenvalue weighted by atomic mass is 32.2. The highest BCUT2D eigenvalue weighted by Gasteiger charge is 2.29. The summed E-state index contributed by atoms with van der Waals surface area (Å²) < 4.78 is 4.86. The van der Waals surface area contributed by atoms with Crippen molar-refractivity contribution in [2.45, 2.75) is 24.7 Å². The predicted octanol–water partition coefficient (Wildman–Crippen LogP) is 2.69. The molecule has 0 saturated heterocycles. The summed E-state index contributed by atoms with van der Waals surface area (Å²) in [6, 6.07) is 7.50. The van der Waals surface area contributed by atoms with Crippen LogP contribution in [-0.4, -0.2) is 24.2 Å². The Bertz CT molecular complexity index is 454. The van der Waals surface area contributed by atoms with Crippen LogP contribution in [0.4, 0.5) is 5.69 Å². The molecular formula is C14H17NO3S. The number of ether oxygens (including phenoxy) is 1. The van der Waals surface area contributed by atoms with Crippen molar-refractivity contribution in [3.63, 3.8) is 0 Å². The average molecular weight is 279 g/mol. The minimum Gasteiger partial charge on any atom is -0.465 e. The Balaban J connectivity index is 1.80. The number of carbonyl (C=O) groups excluding carboxylic acids is 2. The van der Waals surface area contributed by atoms with Crippen molar-refractivity contribution in [2.24, 2.45) is 5.92 Å². The topological polar surface area (TPSA) is 55.4 Å². The van der Waals surface area contributed by atoms with E-state index in [-0.39, 0.29) is 17.8 Å². The highest BCUT2D eigenvalue weighted by Crippen LogP contribution is 2.30. The molecule has 1 N–H and O–H groups in total. The van der Waals surface area contributed by atoms with E-state index in [2.05, 4.69) is 5.32 Å². The molecule has 19 heavy (non-hydrogen) atoms. The fraction of sp³-hybridized carbons (Fsp3) is 0.429. The maximum atomic E-state index is 11.6. The molecule has 0 bridgehead atoms. The Morgan fingerprint density at radius 2 is 2.00 bits per heavy atom. The monoisotopic (exact) mass is 279 g/mol. The molecule has 0 heterocycles. The van der Waals surface area contributed by atoms with Crippen LogP contribution in [0.5, 0.6) is 0 Å². The van der Waals surface area contributed by atoms with Gasteiger partial charge in [0, 0.05) is 16.5 Å². The van der Waals surface area contributed by atoms with E-state index < -0.39 is 0 Å². The van der Waals surface area contributed by atoms with Crippen LogP contribution in [0, 0.1) is 5.92 Å². The van der Waals surface area contributed by atoms with Gasteiger partial charge in [-0.25, -0.2) is 0 Å². The second-order valence-electron chi connectivity index (χ2n) is 4.38. The van der Waals surface area contributed by atoms with Gasteiger partial charge in [-0.15, -0.1) is 11.8 Å². The van der Waals surface area contributed by atoms with E-state index in [1.807, 2.05) is 24.3 Å². The predicted molar refractivity (Wildman–Crippen MR) is 75.2 cm³/mol. The lowest BCUT2D eigenvalue weighted by atomic mass is 10.3. The molecule has 1 aliphatic rings. The summed E-state index contributed by atoms with van der Waals surface area (Å²) in [5.41, 5.74) is 0.803. The van der Waals surface area contributed by atoms with Crippen molar-refractivity contribution < 1.29 is 14.3 Å². The van der Waals surface area contributed by atoms with Crippen molar-refractivity contribution in [1.29, 1.82) is 0 Å². The lowest BCUT2D eigenvalue weighted by Gasteiger charge is -2.06. The third kappa shape index (κ3) is 4.59. The summed E-state index contributed by atoms with van der Waals surface area (Å²) in [7, 11) is 0. The summed E-state index contributed by atoms with van der Waals surface area (Å²) in [6.45, 7) is 2.20. The van der Waals surface area contributed by atoms with Crippen LogP contribution in [0.2, 0.25) is 0 Å². The van der Waals surface area contributed by atoms with E-state index in [0.717, 1.165) is 23.4 Å². The smallest absolute Gasteiger partial charge is 0.316 e. The molecule has 0 atom stereocenters. The zero-order valence-corrected chi connectivity index (χ0v) is 11.7. The first-order valence-corrected chi connectivity index (χ1v) is 7.37. The molecule has 0 spiro atoms. The third-order valence-electron chi connectivity index (χ3n) is 2.73. The molecule has 1 saturated carbocycles. The van der Waals surface area contributed by atoms with Crippen LogP contribution in [0.25, 0.3) is 0 Å². The van der Waals surface area contributed by atoms with Crippen molar-refractivity contribution in [3.05, 3.63) is 24.3 Å². The molecule has 1 fully saturated rings. The number of esters is 1. The number of thioether (sulfide) groups is 1. The fourth-order valence-electron chi connectivity index (χ4n) is 1.57. The van der Waals surface area contributed by atoms with Crippen molar-refractivity contribution in [1.82, 2.24) is 0 Å². The molecule has 0 radical (unpaired) electrons. The van der Waals surface area contributed by atoms with Gasteiger partial charge >= 0.3 is 5.97 Å². The van der Waals surface area contributed by atoms with Crippen LogP contribution in [-0.2, 0) is 14.3 Å². The van der Waals surface area contributed by atoms with Gasteiger partial charge in [-0.3, -0.25) is 9.59 Å². The number of benzene rings is 1. The van der Waals surface area contributed by atoms with Gasteiger partial charge in [0.1, 0.15) is 0 Å².